The molecule has 0 saturated carbocycles. The predicted octanol–water partition coefficient (Wildman–Crippen LogP) is 3.02. The fraction of sp³-hybridized carbons (Fsp3) is 0.429. The van der Waals surface area contributed by atoms with E-state index in [1.807, 2.05) is 6.07 Å². The maximum atomic E-state index is 12.3. The van der Waals surface area contributed by atoms with Gasteiger partial charge in [-0.25, -0.2) is 0 Å². The summed E-state index contributed by atoms with van der Waals surface area (Å²) in [4.78, 5) is 26.0. The molecule has 0 bridgehead atoms. The van der Waals surface area contributed by atoms with Crippen molar-refractivity contribution in [2.45, 2.75) is 44.1 Å². The molecule has 5 heteroatoms. The zero-order chi connectivity index (χ0) is 18.6. The molecule has 2 heterocycles. The van der Waals surface area contributed by atoms with Crippen molar-refractivity contribution in [2.24, 2.45) is 0 Å². The minimum atomic E-state index is -0.214. The first-order valence-corrected chi connectivity index (χ1v) is 9.07. The van der Waals surface area contributed by atoms with Crippen LogP contribution in [0.5, 0.6) is 0 Å². The smallest absolute Gasteiger partial charge is 0.252 e. The molecule has 1 saturated heterocycles. The van der Waals surface area contributed by atoms with Gasteiger partial charge in [-0.05, 0) is 44.7 Å². The standard InChI is InChI=1S/C21H26N2O3/c1-20(2)15-21(11-13-26-20,17-6-4-3-5-7-17)10-12-22-19(25)16-8-9-18(24)23-14-16/h3-9,14H,10-13,15H2,1-2H3,(H,22,25)(H,23,24). The lowest BCUT2D eigenvalue weighted by molar-refractivity contribution is -0.0838. The molecule has 3 rings (SSSR count). The van der Waals surface area contributed by atoms with Gasteiger partial charge in [0, 0.05) is 30.8 Å². The van der Waals surface area contributed by atoms with Gasteiger partial charge in [-0.15, -0.1) is 0 Å². The third-order valence-electron chi connectivity index (χ3n) is 5.16. The number of carbonyl (C=O) groups excluding carboxylic acids is 1. The van der Waals surface area contributed by atoms with Crippen LogP contribution in [-0.4, -0.2) is 29.6 Å². The lowest BCUT2D eigenvalue weighted by Crippen LogP contribution is -2.45. The highest BCUT2D eigenvalue weighted by atomic mass is 16.5. The average Bonchev–Trinajstić information content (AvgIpc) is 2.62. The molecule has 1 fully saturated rings. The summed E-state index contributed by atoms with van der Waals surface area (Å²) in [5.41, 5.74) is 1.35. The highest BCUT2D eigenvalue weighted by Crippen LogP contribution is 2.43. The Balaban J connectivity index is 1.72. The van der Waals surface area contributed by atoms with E-state index >= 15 is 0 Å². The van der Waals surface area contributed by atoms with Gasteiger partial charge in [0.25, 0.3) is 5.91 Å². The van der Waals surface area contributed by atoms with Gasteiger partial charge in [-0.3, -0.25) is 9.59 Å². The highest BCUT2D eigenvalue weighted by Gasteiger charge is 2.41. The van der Waals surface area contributed by atoms with E-state index in [-0.39, 0.29) is 22.5 Å². The molecular formula is C21H26N2O3. The number of rotatable bonds is 5. The zero-order valence-corrected chi connectivity index (χ0v) is 15.4. The molecule has 0 radical (unpaired) electrons. The maximum absolute atomic E-state index is 12.3. The molecule has 1 aromatic carbocycles. The van der Waals surface area contributed by atoms with Crippen molar-refractivity contribution in [1.29, 1.82) is 0 Å². The third kappa shape index (κ3) is 4.22. The Labute approximate surface area is 153 Å². The first-order valence-electron chi connectivity index (χ1n) is 9.07. The average molecular weight is 354 g/mol. The van der Waals surface area contributed by atoms with E-state index in [2.05, 4.69) is 48.4 Å². The van der Waals surface area contributed by atoms with Crippen LogP contribution in [0.4, 0.5) is 0 Å². The van der Waals surface area contributed by atoms with Gasteiger partial charge in [0.15, 0.2) is 0 Å². The van der Waals surface area contributed by atoms with Crippen molar-refractivity contribution in [3.05, 3.63) is 70.1 Å². The van der Waals surface area contributed by atoms with Crippen LogP contribution >= 0.6 is 0 Å². The molecule has 1 atom stereocenters. The number of aromatic nitrogens is 1. The molecule has 1 aliphatic rings. The SMILES string of the molecule is CC1(C)CC(CCNC(=O)c2ccc(=O)[nH]c2)(c2ccccc2)CCO1. The van der Waals surface area contributed by atoms with E-state index in [1.54, 1.807) is 6.07 Å². The van der Waals surface area contributed by atoms with Crippen molar-refractivity contribution >= 4 is 5.91 Å². The molecule has 5 nitrogen and oxygen atoms in total. The van der Waals surface area contributed by atoms with E-state index in [0.29, 0.717) is 12.1 Å². The van der Waals surface area contributed by atoms with Gasteiger partial charge in [-0.2, -0.15) is 0 Å². The van der Waals surface area contributed by atoms with Crippen LogP contribution < -0.4 is 10.9 Å². The number of benzene rings is 1. The molecule has 1 aromatic heterocycles. The fourth-order valence-corrected chi connectivity index (χ4v) is 3.94. The predicted molar refractivity (Wildman–Crippen MR) is 101 cm³/mol. The summed E-state index contributed by atoms with van der Waals surface area (Å²) < 4.78 is 5.93. The Morgan fingerprint density at radius 1 is 1.19 bits per heavy atom. The molecule has 138 valence electrons. The number of pyridine rings is 1. The van der Waals surface area contributed by atoms with Gasteiger partial charge in [0.1, 0.15) is 0 Å². The number of H-pyrrole nitrogens is 1. The normalized spacial score (nSPS) is 21.9. The summed E-state index contributed by atoms with van der Waals surface area (Å²) in [5.74, 6) is -0.171. The van der Waals surface area contributed by atoms with Gasteiger partial charge >= 0.3 is 0 Å². The summed E-state index contributed by atoms with van der Waals surface area (Å²) in [6, 6.07) is 13.4. The first kappa shape index (κ1) is 18.4. The minimum absolute atomic E-state index is 0.0126. The topological polar surface area (TPSA) is 71.2 Å². The second-order valence-corrected chi connectivity index (χ2v) is 7.63. The van der Waals surface area contributed by atoms with Crippen LogP contribution in [-0.2, 0) is 10.2 Å². The molecule has 1 unspecified atom stereocenters. The number of hydrogen-bond donors (Lipinski definition) is 2. The Bertz CT molecular complexity index is 793. The quantitative estimate of drug-likeness (QED) is 0.867. The van der Waals surface area contributed by atoms with Crippen molar-refractivity contribution in [3.63, 3.8) is 0 Å². The van der Waals surface area contributed by atoms with Crippen molar-refractivity contribution in [2.75, 3.05) is 13.2 Å². The summed E-state index contributed by atoms with van der Waals surface area (Å²) in [5, 5.41) is 2.99. The van der Waals surface area contributed by atoms with Crippen LogP contribution in [0.25, 0.3) is 0 Å². The number of nitrogens with one attached hydrogen (secondary N) is 2. The number of carbonyl (C=O) groups is 1. The first-order chi connectivity index (χ1) is 12.4. The van der Waals surface area contributed by atoms with E-state index in [1.165, 1.54) is 17.8 Å². The Hall–Kier alpha value is -2.40. The second kappa shape index (κ2) is 7.46. The van der Waals surface area contributed by atoms with E-state index in [9.17, 15) is 9.59 Å². The van der Waals surface area contributed by atoms with Gasteiger partial charge < -0.3 is 15.0 Å². The van der Waals surface area contributed by atoms with Crippen molar-refractivity contribution in [3.8, 4) is 0 Å². The number of amides is 1. The highest BCUT2D eigenvalue weighted by molar-refractivity contribution is 5.93. The lowest BCUT2D eigenvalue weighted by Gasteiger charge is -2.45. The minimum Gasteiger partial charge on any atom is -0.376 e. The molecule has 0 spiro atoms. The van der Waals surface area contributed by atoms with Crippen LogP contribution in [0.2, 0.25) is 0 Å². The van der Waals surface area contributed by atoms with E-state index in [0.717, 1.165) is 25.9 Å². The molecule has 1 amide bonds. The van der Waals surface area contributed by atoms with E-state index in [4.69, 9.17) is 4.74 Å². The van der Waals surface area contributed by atoms with Crippen LogP contribution in [0.15, 0.2) is 53.5 Å². The van der Waals surface area contributed by atoms with Gasteiger partial charge in [-0.1, -0.05) is 30.3 Å². The van der Waals surface area contributed by atoms with Gasteiger partial charge in [0.2, 0.25) is 5.56 Å². The third-order valence-corrected chi connectivity index (χ3v) is 5.16. The van der Waals surface area contributed by atoms with Crippen molar-refractivity contribution < 1.29 is 9.53 Å². The Kier molecular flexibility index (Phi) is 5.28. The Morgan fingerprint density at radius 3 is 2.62 bits per heavy atom. The molecule has 26 heavy (non-hydrogen) atoms. The van der Waals surface area contributed by atoms with Crippen LogP contribution in [0.1, 0.15) is 49.0 Å². The summed E-state index contributed by atoms with van der Waals surface area (Å²) >= 11 is 0. The molecular weight excluding hydrogens is 328 g/mol. The number of ether oxygens (including phenoxy) is 1. The molecule has 0 aliphatic carbocycles. The lowest BCUT2D eigenvalue weighted by atomic mass is 9.67. The molecule has 2 N–H and O–H groups in total. The van der Waals surface area contributed by atoms with E-state index < -0.39 is 0 Å². The van der Waals surface area contributed by atoms with Crippen molar-refractivity contribution in [1.82, 2.24) is 10.3 Å². The summed E-state index contributed by atoms with van der Waals surface area (Å²) in [6.45, 7) is 5.55. The van der Waals surface area contributed by atoms with Crippen LogP contribution in [0, 0.1) is 0 Å². The summed E-state index contributed by atoms with van der Waals surface area (Å²) in [6.07, 6.45) is 4.15. The number of aromatic amines is 1. The second-order valence-electron chi connectivity index (χ2n) is 7.63. The summed E-state index contributed by atoms with van der Waals surface area (Å²) in [7, 11) is 0. The largest absolute Gasteiger partial charge is 0.376 e. The monoisotopic (exact) mass is 354 g/mol. The van der Waals surface area contributed by atoms with Crippen LogP contribution in [0.3, 0.4) is 0 Å². The molecule has 2 aromatic rings. The number of hydrogen-bond acceptors (Lipinski definition) is 3. The zero-order valence-electron chi connectivity index (χ0n) is 15.4. The molecule has 1 aliphatic heterocycles. The Morgan fingerprint density at radius 2 is 1.96 bits per heavy atom. The maximum Gasteiger partial charge on any atom is 0.252 e. The van der Waals surface area contributed by atoms with Gasteiger partial charge in [0.05, 0.1) is 11.2 Å². The fourth-order valence-electron chi connectivity index (χ4n) is 3.94.